The summed E-state index contributed by atoms with van der Waals surface area (Å²) in [5.41, 5.74) is 0.235. The Morgan fingerprint density at radius 2 is 1.77 bits per heavy atom. The Morgan fingerprint density at radius 1 is 1.13 bits per heavy atom. The molecule has 2 heterocycles. The molecule has 0 N–H and O–H groups in total. The van der Waals surface area contributed by atoms with Crippen molar-refractivity contribution in [2.75, 3.05) is 6.61 Å². The molecule has 2 unspecified atom stereocenters. The lowest BCUT2D eigenvalue weighted by molar-refractivity contribution is -0.164. The molecule has 4 atom stereocenters. The first-order valence-corrected chi connectivity index (χ1v) is 10.3. The zero-order chi connectivity index (χ0) is 22.1. The van der Waals surface area contributed by atoms with E-state index in [1.807, 2.05) is 65.0 Å². The Hall–Kier alpha value is -2.38. The van der Waals surface area contributed by atoms with Crippen LogP contribution >= 0.6 is 0 Å². The fourth-order valence-electron chi connectivity index (χ4n) is 3.95. The Bertz CT molecular complexity index is 798. The Balaban J connectivity index is 2.03. The summed E-state index contributed by atoms with van der Waals surface area (Å²) in [6.45, 7) is 11.2. The van der Waals surface area contributed by atoms with Crippen LogP contribution in [0.3, 0.4) is 0 Å². The summed E-state index contributed by atoms with van der Waals surface area (Å²) in [4.78, 5) is 26.8. The molecule has 30 heavy (non-hydrogen) atoms. The van der Waals surface area contributed by atoms with E-state index in [0.29, 0.717) is 0 Å². The average molecular weight is 418 g/mol. The lowest BCUT2D eigenvalue weighted by Gasteiger charge is -2.34. The van der Waals surface area contributed by atoms with Crippen LogP contribution in [-0.4, -0.2) is 53.2 Å². The van der Waals surface area contributed by atoms with Gasteiger partial charge in [0, 0.05) is 6.08 Å². The predicted octanol–water partition coefficient (Wildman–Crippen LogP) is 3.99. The maximum atomic E-state index is 13.3. The van der Waals surface area contributed by atoms with E-state index in [0.717, 1.165) is 5.56 Å². The number of hydrogen-bond acceptors (Lipinski definition) is 6. The van der Waals surface area contributed by atoms with Gasteiger partial charge in [-0.25, -0.2) is 9.59 Å². The molecule has 0 aromatic heterocycles. The summed E-state index contributed by atoms with van der Waals surface area (Å²) in [5.74, 6) is -1.28. The number of amides is 1. The molecule has 2 aliphatic rings. The standard InChI is InChI=1S/C23H31NO6/c1-7-27-17(25)14-13-16-19-20(29-23(5,6)28-19)18(15-11-9-8-10-12-15)24(16)21(26)30-22(2,3)4/h8-14,16,18-20H,7H2,1-6H3/b14-13-/t16-,18-,19?,20?/m1/s1. The van der Waals surface area contributed by atoms with Crippen LogP contribution in [-0.2, 0) is 23.7 Å². The molecule has 7 nitrogen and oxygen atoms in total. The van der Waals surface area contributed by atoms with Crippen LogP contribution in [0.15, 0.2) is 42.5 Å². The lowest BCUT2D eigenvalue weighted by atomic mass is 10.0. The summed E-state index contributed by atoms with van der Waals surface area (Å²) in [7, 11) is 0. The number of rotatable bonds is 4. The highest BCUT2D eigenvalue weighted by molar-refractivity contribution is 5.82. The van der Waals surface area contributed by atoms with Gasteiger partial charge in [-0.2, -0.15) is 0 Å². The van der Waals surface area contributed by atoms with Crippen molar-refractivity contribution in [1.82, 2.24) is 4.90 Å². The van der Waals surface area contributed by atoms with E-state index in [4.69, 9.17) is 18.9 Å². The van der Waals surface area contributed by atoms with Crippen LogP contribution in [0, 0.1) is 0 Å². The van der Waals surface area contributed by atoms with E-state index < -0.39 is 47.7 Å². The van der Waals surface area contributed by atoms with Crippen LogP contribution < -0.4 is 0 Å². The van der Waals surface area contributed by atoms with Crippen molar-refractivity contribution >= 4 is 12.1 Å². The van der Waals surface area contributed by atoms with Crippen molar-refractivity contribution in [2.45, 2.75) is 77.2 Å². The van der Waals surface area contributed by atoms with E-state index in [9.17, 15) is 9.59 Å². The van der Waals surface area contributed by atoms with Crippen LogP contribution in [0.1, 0.15) is 53.1 Å². The quantitative estimate of drug-likeness (QED) is 0.545. The van der Waals surface area contributed by atoms with Gasteiger partial charge in [-0.3, -0.25) is 4.90 Å². The lowest BCUT2D eigenvalue weighted by Crippen LogP contribution is -2.44. The minimum atomic E-state index is -0.807. The van der Waals surface area contributed by atoms with E-state index >= 15 is 0 Å². The van der Waals surface area contributed by atoms with Gasteiger partial charge in [-0.1, -0.05) is 36.4 Å². The fourth-order valence-corrected chi connectivity index (χ4v) is 3.95. The smallest absolute Gasteiger partial charge is 0.411 e. The predicted molar refractivity (Wildman–Crippen MR) is 111 cm³/mol. The number of esters is 1. The maximum absolute atomic E-state index is 13.3. The van der Waals surface area contributed by atoms with Crippen molar-refractivity contribution in [3.8, 4) is 0 Å². The molecule has 164 valence electrons. The molecule has 0 spiro atoms. The first kappa shape index (κ1) is 22.3. The number of fused-ring (bicyclic) bond motifs is 1. The second-order valence-corrected chi connectivity index (χ2v) is 8.91. The summed E-state index contributed by atoms with van der Waals surface area (Å²) >= 11 is 0. The third-order valence-electron chi connectivity index (χ3n) is 4.89. The largest absolute Gasteiger partial charge is 0.463 e. The van der Waals surface area contributed by atoms with Gasteiger partial charge < -0.3 is 18.9 Å². The first-order valence-electron chi connectivity index (χ1n) is 10.3. The van der Waals surface area contributed by atoms with Gasteiger partial charge in [0.25, 0.3) is 0 Å². The highest BCUT2D eigenvalue weighted by Crippen LogP contribution is 2.48. The van der Waals surface area contributed by atoms with Gasteiger partial charge in [0.05, 0.1) is 18.7 Å². The molecular formula is C23H31NO6. The van der Waals surface area contributed by atoms with E-state index in [2.05, 4.69) is 0 Å². The fraction of sp³-hybridized carbons (Fsp3) is 0.565. The summed E-state index contributed by atoms with van der Waals surface area (Å²) in [6.07, 6.45) is 1.63. The van der Waals surface area contributed by atoms with Crippen molar-refractivity contribution in [3.05, 3.63) is 48.0 Å². The van der Waals surface area contributed by atoms with Crippen LogP contribution in [0.25, 0.3) is 0 Å². The summed E-state index contributed by atoms with van der Waals surface area (Å²) in [5, 5.41) is 0. The number of carbonyl (C=O) groups excluding carboxylic acids is 2. The van der Waals surface area contributed by atoms with Gasteiger partial charge in [-0.05, 0) is 47.1 Å². The SMILES string of the molecule is CCOC(=O)/C=C\[C@@H]1C2OC(C)(C)OC2[C@@H](c2ccccc2)N1C(=O)OC(C)(C)C. The number of carbonyl (C=O) groups is 2. The summed E-state index contributed by atoms with van der Waals surface area (Å²) < 4.78 is 23.1. The molecular weight excluding hydrogens is 386 g/mol. The maximum Gasteiger partial charge on any atom is 0.411 e. The molecule has 7 heteroatoms. The molecule has 2 fully saturated rings. The number of ether oxygens (including phenoxy) is 4. The average Bonchev–Trinajstić information content (AvgIpc) is 3.09. The third kappa shape index (κ3) is 4.84. The molecule has 0 saturated carbocycles. The topological polar surface area (TPSA) is 74.3 Å². The Kier molecular flexibility index (Phi) is 6.24. The molecule has 0 aliphatic carbocycles. The van der Waals surface area contributed by atoms with Crippen molar-refractivity contribution < 1.29 is 28.5 Å². The summed E-state index contributed by atoms with van der Waals surface area (Å²) in [6, 6.07) is 8.67. The van der Waals surface area contributed by atoms with E-state index in [1.54, 1.807) is 17.9 Å². The normalized spacial score (nSPS) is 27.9. The minimum Gasteiger partial charge on any atom is -0.463 e. The molecule has 0 radical (unpaired) electrons. The molecule has 2 saturated heterocycles. The molecule has 2 aliphatic heterocycles. The number of hydrogen-bond donors (Lipinski definition) is 0. The Labute approximate surface area is 177 Å². The number of likely N-dealkylation sites (tertiary alicyclic amines) is 1. The van der Waals surface area contributed by atoms with Crippen molar-refractivity contribution in [2.24, 2.45) is 0 Å². The van der Waals surface area contributed by atoms with Crippen molar-refractivity contribution in [1.29, 1.82) is 0 Å². The van der Waals surface area contributed by atoms with Crippen LogP contribution in [0.4, 0.5) is 4.79 Å². The second-order valence-electron chi connectivity index (χ2n) is 8.91. The monoisotopic (exact) mass is 417 g/mol. The van der Waals surface area contributed by atoms with Crippen LogP contribution in [0.2, 0.25) is 0 Å². The highest BCUT2D eigenvalue weighted by atomic mass is 16.8. The van der Waals surface area contributed by atoms with E-state index in [1.165, 1.54) is 6.08 Å². The highest BCUT2D eigenvalue weighted by Gasteiger charge is 2.59. The van der Waals surface area contributed by atoms with Gasteiger partial charge in [0.15, 0.2) is 5.79 Å². The van der Waals surface area contributed by atoms with Gasteiger partial charge >= 0.3 is 12.1 Å². The van der Waals surface area contributed by atoms with E-state index in [-0.39, 0.29) is 6.61 Å². The number of nitrogens with zero attached hydrogens (tertiary/aromatic N) is 1. The molecule has 0 bridgehead atoms. The van der Waals surface area contributed by atoms with Gasteiger partial charge in [0.2, 0.25) is 0 Å². The minimum absolute atomic E-state index is 0.273. The van der Waals surface area contributed by atoms with Crippen LogP contribution in [0.5, 0.6) is 0 Å². The van der Waals surface area contributed by atoms with Gasteiger partial charge in [0.1, 0.15) is 17.8 Å². The Morgan fingerprint density at radius 3 is 2.37 bits per heavy atom. The molecule has 1 amide bonds. The zero-order valence-corrected chi connectivity index (χ0v) is 18.5. The molecule has 1 aromatic rings. The second kappa shape index (κ2) is 8.40. The molecule has 3 rings (SSSR count). The third-order valence-corrected chi connectivity index (χ3v) is 4.89. The first-order chi connectivity index (χ1) is 14.0. The zero-order valence-electron chi connectivity index (χ0n) is 18.5. The van der Waals surface area contributed by atoms with Crippen molar-refractivity contribution in [3.63, 3.8) is 0 Å². The molecule has 1 aromatic carbocycles. The van der Waals surface area contributed by atoms with Gasteiger partial charge in [-0.15, -0.1) is 0 Å². The number of benzene rings is 1.